The fourth-order valence-corrected chi connectivity index (χ4v) is 4.53. The first-order chi connectivity index (χ1) is 15.2. The number of aromatic nitrogens is 2. The minimum absolute atomic E-state index is 0.0424. The van der Waals surface area contributed by atoms with Gasteiger partial charge in [-0.25, -0.2) is 12.8 Å². The molecule has 1 heterocycles. The fraction of sp³-hybridized carbons (Fsp3) is 0.130. The molecule has 4 rings (SSSR count). The Hall–Kier alpha value is -3.23. The number of nitrogens with zero attached hydrogens (tertiary/aromatic N) is 2. The summed E-state index contributed by atoms with van der Waals surface area (Å²) in [7, 11) is -3.59. The van der Waals surface area contributed by atoms with Gasteiger partial charge in [-0.15, -0.1) is 0 Å². The molecular weight excluding hydrogens is 453 g/mol. The Labute approximate surface area is 189 Å². The van der Waals surface area contributed by atoms with Gasteiger partial charge >= 0.3 is 0 Å². The zero-order valence-electron chi connectivity index (χ0n) is 17.0. The lowest BCUT2D eigenvalue weighted by atomic mass is 10.1. The third-order valence-electron chi connectivity index (χ3n) is 4.96. The van der Waals surface area contributed by atoms with Gasteiger partial charge in [0.05, 0.1) is 29.6 Å². The molecule has 6 nitrogen and oxygen atoms in total. The lowest BCUT2D eigenvalue weighted by molar-refractivity contribution is -0.115. The quantitative estimate of drug-likeness (QED) is 0.450. The zero-order chi connectivity index (χ0) is 22.9. The van der Waals surface area contributed by atoms with Crippen molar-refractivity contribution in [3.05, 3.63) is 88.8 Å². The number of anilines is 1. The second-order valence-electron chi connectivity index (χ2n) is 7.42. The highest BCUT2D eigenvalue weighted by Gasteiger charge is 2.18. The first-order valence-electron chi connectivity index (χ1n) is 9.68. The molecule has 0 saturated carbocycles. The summed E-state index contributed by atoms with van der Waals surface area (Å²) in [6, 6.07) is 16.1. The Bertz CT molecular complexity index is 1420. The lowest BCUT2D eigenvalue weighted by Gasteiger charge is -2.11. The SMILES string of the molecule is CS(=O)(=O)c1cc(NC(=O)Cc2ccccc2Cl)cc2c1cnn2Cc1ccc(F)cc1. The van der Waals surface area contributed by atoms with Crippen LogP contribution in [0.4, 0.5) is 10.1 Å². The van der Waals surface area contributed by atoms with Gasteiger partial charge in [-0.1, -0.05) is 41.9 Å². The van der Waals surface area contributed by atoms with E-state index >= 15 is 0 Å². The number of hydrogen-bond acceptors (Lipinski definition) is 4. The van der Waals surface area contributed by atoms with Crippen LogP contribution in [0.5, 0.6) is 0 Å². The van der Waals surface area contributed by atoms with E-state index in [1.807, 2.05) is 0 Å². The van der Waals surface area contributed by atoms with Crippen molar-refractivity contribution in [2.24, 2.45) is 0 Å². The largest absolute Gasteiger partial charge is 0.326 e. The highest BCUT2D eigenvalue weighted by molar-refractivity contribution is 7.91. The molecule has 0 bridgehead atoms. The number of rotatable bonds is 6. The van der Waals surface area contributed by atoms with Crippen LogP contribution in [-0.2, 0) is 27.6 Å². The van der Waals surface area contributed by atoms with Gasteiger partial charge in [0.25, 0.3) is 0 Å². The highest BCUT2D eigenvalue weighted by atomic mass is 35.5. The topological polar surface area (TPSA) is 81.1 Å². The Morgan fingerprint density at radius 3 is 2.53 bits per heavy atom. The van der Waals surface area contributed by atoms with Crippen molar-refractivity contribution in [3.63, 3.8) is 0 Å². The number of nitrogens with one attached hydrogen (secondary N) is 1. The van der Waals surface area contributed by atoms with Crippen molar-refractivity contribution in [3.8, 4) is 0 Å². The predicted molar refractivity (Wildman–Crippen MR) is 122 cm³/mol. The molecular formula is C23H19ClFN3O3S. The van der Waals surface area contributed by atoms with Gasteiger partial charge in [0.1, 0.15) is 5.82 Å². The van der Waals surface area contributed by atoms with Crippen molar-refractivity contribution >= 4 is 43.9 Å². The molecule has 3 aromatic carbocycles. The second kappa shape index (κ2) is 8.72. The number of hydrogen-bond donors (Lipinski definition) is 1. The lowest BCUT2D eigenvalue weighted by Crippen LogP contribution is -2.15. The van der Waals surface area contributed by atoms with Crippen molar-refractivity contribution in [2.75, 3.05) is 11.6 Å². The maximum atomic E-state index is 13.2. The first kappa shape index (κ1) is 22.0. The van der Waals surface area contributed by atoms with E-state index in [2.05, 4.69) is 10.4 Å². The summed E-state index contributed by atoms with van der Waals surface area (Å²) < 4.78 is 39.7. The minimum Gasteiger partial charge on any atom is -0.326 e. The van der Waals surface area contributed by atoms with Crippen LogP contribution >= 0.6 is 11.6 Å². The summed E-state index contributed by atoms with van der Waals surface area (Å²) in [6.45, 7) is 0.310. The van der Waals surface area contributed by atoms with E-state index < -0.39 is 9.84 Å². The molecule has 0 fully saturated rings. The van der Waals surface area contributed by atoms with Crippen molar-refractivity contribution in [1.29, 1.82) is 0 Å². The molecule has 0 radical (unpaired) electrons. The molecule has 0 saturated heterocycles. The van der Waals surface area contributed by atoms with Gasteiger partial charge in [0, 0.05) is 22.4 Å². The van der Waals surface area contributed by atoms with Gasteiger partial charge in [-0.05, 0) is 41.5 Å². The van der Waals surface area contributed by atoms with E-state index in [9.17, 15) is 17.6 Å². The molecule has 0 atom stereocenters. The molecule has 4 aromatic rings. The molecule has 0 aliphatic heterocycles. The highest BCUT2D eigenvalue weighted by Crippen LogP contribution is 2.28. The second-order valence-corrected chi connectivity index (χ2v) is 9.82. The maximum Gasteiger partial charge on any atom is 0.228 e. The molecule has 9 heteroatoms. The molecule has 0 unspecified atom stereocenters. The van der Waals surface area contributed by atoms with Crippen molar-refractivity contribution in [2.45, 2.75) is 17.9 Å². The first-order valence-corrected chi connectivity index (χ1v) is 11.9. The molecule has 0 aliphatic rings. The molecule has 32 heavy (non-hydrogen) atoms. The van der Waals surface area contributed by atoms with Crippen LogP contribution in [0.3, 0.4) is 0 Å². The summed E-state index contributed by atoms with van der Waals surface area (Å²) >= 11 is 6.13. The number of sulfone groups is 1. The number of carbonyl (C=O) groups excluding carboxylic acids is 1. The van der Waals surface area contributed by atoms with E-state index in [-0.39, 0.29) is 23.0 Å². The Balaban J connectivity index is 1.70. The molecule has 0 aliphatic carbocycles. The number of carbonyl (C=O) groups is 1. The van der Waals surface area contributed by atoms with Crippen LogP contribution < -0.4 is 5.32 Å². The van der Waals surface area contributed by atoms with Gasteiger partial charge in [-0.2, -0.15) is 5.10 Å². The number of halogens is 2. The third-order valence-corrected chi connectivity index (χ3v) is 6.47. The van der Waals surface area contributed by atoms with Gasteiger partial charge in [0.2, 0.25) is 5.91 Å². The summed E-state index contributed by atoms with van der Waals surface area (Å²) in [5.74, 6) is -0.677. The molecule has 0 spiro atoms. The van der Waals surface area contributed by atoms with Crippen molar-refractivity contribution in [1.82, 2.24) is 9.78 Å². The fourth-order valence-electron chi connectivity index (χ4n) is 3.43. The monoisotopic (exact) mass is 471 g/mol. The van der Waals surface area contributed by atoms with E-state index in [0.29, 0.717) is 33.7 Å². The summed E-state index contributed by atoms with van der Waals surface area (Å²) in [5, 5.41) is 8.00. The Morgan fingerprint density at radius 2 is 1.84 bits per heavy atom. The standard InChI is InChI=1S/C23H19ClFN3O3S/c1-32(30,31)22-12-18(27-23(29)10-16-4-2-3-5-20(16)24)11-21-19(22)13-26-28(21)14-15-6-8-17(25)9-7-15/h2-9,11-13H,10,14H2,1H3,(H,27,29). The smallest absolute Gasteiger partial charge is 0.228 e. The van der Waals surface area contributed by atoms with E-state index in [1.165, 1.54) is 24.4 Å². The average Bonchev–Trinajstić information content (AvgIpc) is 3.12. The molecule has 1 amide bonds. The summed E-state index contributed by atoms with van der Waals surface area (Å²) in [5.41, 5.74) is 2.32. The minimum atomic E-state index is -3.59. The third kappa shape index (κ3) is 4.81. The predicted octanol–water partition coefficient (Wildman–Crippen LogP) is 4.46. The Morgan fingerprint density at radius 1 is 1.12 bits per heavy atom. The normalized spacial score (nSPS) is 11.6. The average molecular weight is 472 g/mol. The summed E-state index contributed by atoms with van der Waals surface area (Å²) in [6.07, 6.45) is 2.62. The number of amides is 1. The van der Waals surface area contributed by atoms with E-state index in [1.54, 1.807) is 47.1 Å². The van der Waals surface area contributed by atoms with Crippen LogP contribution in [0.1, 0.15) is 11.1 Å². The number of benzene rings is 3. The van der Waals surface area contributed by atoms with Crippen LogP contribution in [0.2, 0.25) is 5.02 Å². The Kier molecular flexibility index (Phi) is 5.99. The van der Waals surface area contributed by atoms with Gasteiger partial charge in [0.15, 0.2) is 9.84 Å². The van der Waals surface area contributed by atoms with Gasteiger partial charge < -0.3 is 5.32 Å². The number of fused-ring (bicyclic) bond motifs is 1. The summed E-state index contributed by atoms with van der Waals surface area (Å²) in [4.78, 5) is 12.7. The zero-order valence-corrected chi connectivity index (χ0v) is 18.6. The maximum absolute atomic E-state index is 13.2. The molecule has 164 valence electrons. The van der Waals surface area contributed by atoms with Crippen LogP contribution in [0.15, 0.2) is 71.8 Å². The van der Waals surface area contributed by atoms with Gasteiger partial charge in [-0.3, -0.25) is 9.48 Å². The van der Waals surface area contributed by atoms with Crippen LogP contribution in [0, 0.1) is 5.82 Å². The molecule has 1 N–H and O–H groups in total. The van der Waals surface area contributed by atoms with Crippen molar-refractivity contribution < 1.29 is 17.6 Å². The molecule has 1 aromatic heterocycles. The van der Waals surface area contributed by atoms with E-state index in [0.717, 1.165) is 11.8 Å². The van der Waals surface area contributed by atoms with E-state index in [4.69, 9.17) is 11.6 Å². The van der Waals surface area contributed by atoms with Crippen LogP contribution in [-0.4, -0.2) is 30.4 Å². The van der Waals surface area contributed by atoms with Crippen LogP contribution in [0.25, 0.3) is 10.9 Å².